The number of aryl methyl sites for hydroxylation is 1. The van der Waals surface area contributed by atoms with Crippen LogP contribution in [0.4, 0.5) is 0 Å². The maximum absolute atomic E-state index is 10.9. The van der Waals surface area contributed by atoms with Crippen LogP contribution in [0.2, 0.25) is 0 Å². The summed E-state index contributed by atoms with van der Waals surface area (Å²) in [6.07, 6.45) is 3.04. The lowest BCUT2D eigenvalue weighted by Crippen LogP contribution is -2.08. The van der Waals surface area contributed by atoms with Crippen LogP contribution in [-0.2, 0) is 17.8 Å². The molecule has 1 aromatic rings. The quantitative estimate of drug-likeness (QED) is 0.614. The van der Waals surface area contributed by atoms with Gasteiger partial charge in [0.05, 0.1) is 6.42 Å². The van der Waals surface area contributed by atoms with Crippen molar-refractivity contribution < 1.29 is 4.79 Å². The number of carbonyl (C=O) groups is 1. The third-order valence-corrected chi connectivity index (χ3v) is 1.56. The van der Waals surface area contributed by atoms with Crippen LogP contribution in [0.5, 0.6) is 0 Å². The van der Waals surface area contributed by atoms with Crippen LogP contribution in [0.1, 0.15) is 12.7 Å². The first kappa shape index (κ1) is 8.64. The molecule has 0 saturated carbocycles. The Hall–Kier alpha value is -1.45. The molecule has 0 spiro atoms. The molecule has 4 heteroatoms. The molecule has 0 bridgehead atoms. The van der Waals surface area contributed by atoms with E-state index in [2.05, 4.69) is 16.7 Å². The summed E-state index contributed by atoms with van der Waals surface area (Å²) in [7, 11) is 0. The molecule has 0 fully saturated rings. The molecule has 0 N–H and O–H groups in total. The Morgan fingerprint density at radius 3 is 3.17 bits per heavy atom. The highest BCUT2D eigenvalue weighted by Crippen LogP contribution is 1.96. The second-order valence-electron chi connectivity index (χ2n) is 2.34. The average Bonchev–Trinajstić information content (AvgIpc) is 2.51. The van der Waals surface area contributed by atoms with Crippen molar-refractivity contribution in [3.05, 3.63) is 24.8 Å². The van der Waals surface area contributed by atoms with Gasteiger partial charge in [0.15, 0.2) is 5.78 Å². The number of aromatic nitrogens is 3. The van der Waals surface area contributed by atoms with E-state index in [0.29, 0.717) is 5.82 Å². The number of rotatable bonds is 4. The summed E-state index contributed by atoms with van der Waals surface area (Å²) in [5.74, 6) is 0.667. The minimum absolute atomic E-state index is 0.0299. The van der Waals surface area contributed by atoms with E-state index in [0.717, 1.165) is 6.54 Å². The van der Waals surface area contributed by atoms with E-state index in [1.165, 1.54) is 12.4 Å². The summed E-state index contributed by atoms with van der Waals surface area (Å²) < 4.78 is 1.70. The van der Waals surface area contributed by atoms with Crippen molar-refractivity contribution in [1.29, 1.82) is 0 Å². The number of allylic oxidation sites excluding steroid dienone is 1. The van der Waals surface area contributed by atoms with E-state index in [1.54, 1.807) is 4.68 Å². The molecular formula is C8H11N3O. The van der Waals surface area contributed by atoms with Crippen LogP contribution in [0.3, 0.4) is 0 Å². The maximum Gasteiger partial charge on any atom is 0.162 e. The molecule has 0 atom stereocenters. The largest absolute Gasteiger partial charge is 0.294 e. The molecule has 1 heterocycles. The predicted octanol–water partition coefficient (Wildman–Crippen LogP) is 0.596. The molecule has 4 nitrogen and oxygen atoms in total. The SMILES string of the molecule is C=CC(=O)Cc1ncnn1CC. The van der Waals surface area contributed by atoms with Crippen LogP contribution >= 0.6 is 0 Å². The summed E-state index contributed by atoms with van der Waals surface area (Å²) in [5.41, 5.74) is 0. The standard InChI is InChI=1S/C8H11N3O/c1-3-7(12)5-8-9-6-10-11(8)4-2/h3,6H,1,4-5H2,2H3. The van der Waals surface area contributed by atoms with Crippen LogP contribution in [0.15, 0.2) is 19.0 Å². The second-order valence-corrected chi connectivity index (χ2v) is 2.34. The predicted molar refractivity (Wildman–Crippen MR) is 44.6 cm³/mol. The normalized spacial score (nSPS) is 9.75. The average molecular weight is 165 g/mol. The zero-order valence-corrected chi connectivity index (χ0v) is 7.03. The Labute approximate surface area is 70.9 Å². The zero-order valence-electron chi connectivity index (χ0n) is 7.03. The van der Waals surface area contributed by atoms with E-state index in [-0.39, 0.29) is 12.2 Å². The van der Waals surface area contributed by atoms with E-state index in [4.69, 9.17) is 0 Å². The molecule has 0 aliphatic heterocycles. The molecule has 0 unspecified atom stereocenters. The third-order valence-electron chi connectivity index (χ3n) is 1.56. The van der Waals surface area contributed by atoms with Gasteiger partial charge in [0.25, 0.3) is 0 Å². The molecule has 64 valence electrons. The molecule has 1 aromatic heterocycles. The molecule has 0 aliphatic carbocycles. The molecule has 0 saturated heterocycles. The van der Waals surface area contributed by atoms with Gasteiger partial charge in [-0.1, -0.05) is 6.58 Å². The Kier molecular flexibility index (Phi) is 2.74. The first-order valence-electron chi connectivity index (χ1n) is 3.80. The van der Waals surface area contributed by atoms with Crippen LogP contribution in [0.25, 0.3) is 0 Å². The molecular weight excluding hydrogens is 154 g/mol. The Bertz CT molecular complexity index is 290. The van der Waals surface area contributed by atoms with Gasteiger partial charge in [0, 0.05) is 6.54 Å². The molecule has 0 radical (unpaired) electrons. The van der Waals surface area contributed by atoms with E-state index < -0.39 is 0 Å². The number of ketones is 1. The minimum Gasteiger partial charge on any atom is -0.294 e. The number of carbonyl (C=O) groups excluding carboxylic acids is 1. The summed E-state index contributed by atoms with van der Waals surface area (Å²) in [6, 6.07) is 0. The maximum atomic E-state index is 10.9. The van der Waals surface area contributed by atoms with Gasteiger partial charge in [0.2, 0.25) is 0 Å². The molecule has 0 aliphatic rings. The Morgan fingerprint density at radius 2 is 2.58 bits per heavy atom. The van der Waals surface area contributed by atoms with Crippen LogP contribution in [0, 0.1) is 0 Å². The van der Waals surface area contributed by atoms with Crippen LogP contribution in [-0.4, -0.2) is 20.5 Å². The Morgan fingerprint density at radius 1 is 1.83 bits per heavy atom. The van der Waals surface area contributed by atoms with Gasteiger partial charge in [-0.25, -0.2) is 9.67 Å². The van der Waals surface area contributed by atoms with Gasteiger partial charge < -0.3 is 0 Å². The Balaban J connectivity index is 2.74. The van der Waals surface area contributed by atoms with Crippen molar-refractivity contribution in [2.24, 2.45) is 0 Å². The highest BCUT2D eigenvalue weighted by atomic mass is 16.1. The zero-order chi connectivity index (χ0) is 8.97. The van der Waals surface area contributed by atoms with Gasteiger partial charge in [0.1, 0.15) is 12.2 Å². The monoisotopic (exact) mass is 165 g/mol. The van der Waals surface area contributed by atoms with E-state index in [1.807, 2.05) is 6.92 Å². The van der Waals surface area contributed by atoms with E-state index in [9.17, 15) is 4.79 Å². The van der Waals surface area contributed by atoms with Gasteiger partial charge in [-0.15, -0.1) is 0 Å². The summed E-state index contributed by atoms with van der Waals surface area (Å²) in [5, 5.41) is 3.94. The fourth-order valence-corrected chi connectivity index (χ4v) is 0.917. The van der Waals surface area contributed by atoms with Crippen molar-refractivity contribution in [3.63, 3.8) is 0 Å². The highest BCUT2D eigenvalue weighted by Gasteiger charge is 2.05. The minimum atomic E-state index is -0.0299. The second kappa shape index (κ2) is 3.80. The van der Waals surface area contributed by atoms with Crippen molar-refractivity contribution in [3.8, 4) is 0 Å². The van der Waals surface area contributed by atoms with Crippen molar-refractivity contribution >= 4 is 5.78 Å². The third kappa shape index (κ3) is 1.78. The number of hydrogen-bond acceptors (Lipinski definition) is 3. The molecule has 12 heavy (non-hydrogen) atoms. The fourth-order valence-electron chi connectivity index (χ4n) is 0.917. The van der Waals surface area contributed by atoms with Crippen molar-refractivity contribution in [1.82, 2.24) is 14.8 Å². The molecule has 0 amide bonds. The topological polar surface area (TPSA) is 47.8 Å². The smallest absolute Gasteiger partial charge is 0.162 e. The lowest BCUT2D eigenvalue weighted by Gasteiger charge is -1.98. The number of hydrogen-bond donors (Lipinski definition) is 0. The lowest BCUT2D eigenvalue weighted by molar-refractivity contribution is -0.114. The van der Waals surface area contributed by atoms with Gasteiger partial charge in [-0.05, 0) is 13.0 Å². The summed E-state index contributed by atoms with van der Waals surface area (Å²) in [6.45, 7) is 6.08. The van der Waals surface area contributed by atoms with Gasteiger partial charge in [-0.3, -0.25) is 4.79 Å². The number of nitrogens with zero attached hydrogens (tertiary/aromatic N) is 3. The van der Waals surface area contributed by atoms with E-state index >= 15 is 0 Å². The highest BCUT2D eigenvalue weighted by molar-refractivity contribution is 5.90. The van der Waals surface area contributed by atoms with Crippen molar-refractivity contribution in [2.45, 2.75) is 19.9 Å². The van der Waals surface area contributed by atoms with Crippen LogP contribution < -0.4 is 0 Å². The summed E-state index contributed by atoms with van der Waals surface area (Å²) in [4.78, 5) is 14.9. The van der Waals surface area contributed by atoms with Crippen molar-refractivity contribution in [2.75, 3.05) is 0 Å². The molecule has 0 aromatic carbocycles. The summed E-state index contributed by atoms with van der Waals surface area (Å²) >= 11 is 0. The van der Waals surface area contributed by atoms with Gasteiger partial charge >= 0.3 is 0 Å². The first-order valence-corrected chi connectivity index (χ1v) is 3.80. The lowest BCUT2D eigenvalue weighted by atomic mass is 10.3. The van der Waals surface area contributed by atoms with Gasteiger partial charge in [-0.2, -0.15) is 5.10 Å². The molecule has 1 rings (SSSR count). The first-order chi connectivity index (χ1) is 5.77. The fraction of sp³-hybridized carbons (Fsp3) is 0.375.